The molecule has 0 bridgehead atoms. The highest BCUT2D eigenvalue weighted by Gasteiger charge is 2.19. The maximum atomic E-state index is 13.1. The molecule has 1 aromatic carbocycles. The molecule has 1 aromatic heterocycles. The summed E-state index contributed by atoms with van der Waals surface area (Å²) in [5, 5.41) is 0. The van der Waals surface area contributed by atoms with Gasteiger partial charge in [-0.1, -0.05) is 0 Å². The van der Waals surface area contributed by atoms with Crippen molar-refractivity contribution in [1.29, 1.82) is 0 Å². The van der Waals surface area contributed by atoms with Crippen molar-refractivity contribution in [2.45, 2.75) is 11.8 Å². The lowest BCUT2D eigenvalue weighted by molar-refractivity contribution is 0.596. The van der Waals surface area contributed by atoms with E-state index in [0.29, 0.717) is 0 Å². The number of halogens is 1. The van der Waals surface area contributed by atoms with Crippen molar-refractivity contribution in [2.75, 3.05) is 10.5 Å². The van der Waals surface area contributed by atoms with E-state index < -0.39 is 15.8 Å². The number of benzene rings is 1. The topological polar surface area (TPSA) is 85.1 Å². The SMILES string of the molecule is Cc1ccnc(NS(=O)(=O)c2cc(F)ccc2N)c1. The second-order valence-electron chi connectivity index (χ2n) is 4.01. The summed E-state index contributed by atoms with van der Waals surface area (Å²) < 4.78 is 39.6. The smallest absolute Gasteiger partial charge is 0.265 e. The Balaban J connectivity index is 2.40. The van der Waals surface area contributed by atoms with Gasteiger partial charge in [-0.15, -0.1) is 0 Å². The van der Waals surface area contributed by atoms with Crippen LogP contribution in [0.3, 0.4) is 0 Å². The molecule has 19 heavy (non-hydrogen) atoms. The van der Waals surface area contributed by atoms with E-state index in [1.165, 1.54) is 12.3 Å². The van der Waals surface area contributed by atoms with E-state index in [1.54, 1.807) is 19.1 Å². The van der Waals surface area contributed by atoms with Gasteiger partial charge in [-0.3, -0.25) is 4.72 Å². The van der Waals surface area contributed by atoms with Gasteiger partial charge in [-0.05, 0) is 42.8 Å². The minimum absolute atomic E-state index is 0.0263. The van der Waals surface area contributed by atoms with Gasteiger partial charge in [-0.2, -0.15) is 0 Å². The van der Waals surface area contributed by atoms with Crippen LogP contribution in [0, 0.1) is 12.7 Å². The van der Waals surface area contributed by atoms with E-state index in [9.17, 15) is 12.8 Å². The molecule has 7 heteroatoms. The Labute approximate surface area is 110 Å². The monoisotopic (exact) mass is 281 g/mol. The molecule has 0 spiro atoms. The highest BCUT2D eigenvalue weighted by Crippen LogP contribution is 2.21. The van der Waals surface area contributed by atoms with Crippen LogP contribution in [0.25, 0.3) is 0 Å². The van der Waals surface area contributed by atoms with Gasteiger partial charge in [0, 0.05) is 6.20 Å². The first kappa shape index (κ1) is 13.3. The predicted molar refractivity (Wildman–Crippen MR) is 70.6 cm³/mol. The van der Waals surface area contributed by atoms with Gasteiger partial charge < -0.3 is 5.73 Å². The maximum Gasteiger partial charge on any atom is 0.265 e. The van der Waals surface area contributed by atoms with Gasteiger partial charge in [0.15, 0.2) is 0 Å². The lowest BCUT2D eigenvalue weighted by atomic mass is 10.3. The van der Waals surface area contributed by atoms with Crippen LogP contribution >= 0.6 is 0 Å². The molecule has 100 valence electrons. The van der Waals surface area contributed by atoms with E-state index in [1.807, 2.05) is 0 Å². The second kappa shape index (κ2) is 4.85. The largest absolute Gasteiger partial charge is 0.398 e. The molecule has 0 aliphatic rings. The summed E-state index contributed by atoms with van der Waals surface area (Å²) in [7, 11) is -3.96. The number of nitrogens with one attached hydrogen (secondary N) is 1. The van der Waals surface area contributed by atoms with Crippen molar-refractivity contribution < 1.29 is 12.8 Å². The maximum absolute atomic E-state index is 13.1. The zero-order chi connectivity index (χ0) is 14.0. The number of aromatic nitrogens is 1. The molecule has 0 unspecified atom stereocenters. The van der Waals surface area contributed by atoms with Gasteiger partial charge in [-0.25, -0.2) is 17.8 Å². The number of hydrogen-bond donors (Lipinski definition) is 2. The van der Waals surface area contributed by atoms with Crippen molar-refractivity contribution >= 4 is 21.5 Å². The Morgan fingerprint density at radius 2 is 2.00 bits per heavy atom. The predicted octanol–water partition coefficient (Wildman–Crippen LogP) is 1.91. The van der Waals surface area contributed by atoms with Crippen LogP contribution in [0.15, 0.2) is 41.4 Å². The first-order valence-electron chi connectivity index (χ1n) is 5.39. The van der Waals surface area contributed by atoms with E-state index in [4.69, 9.17) is 5.73 Å². The van der Waals surface area contributed by atoms with Gasteiger partial charge in [0.25, 0.3) is 10.0 Å². The Morgan fingerprint density at radius 1 is 1.26 bits per heavy atom. The second-order valence-corrected chi connectivity index (χ2v) is 5.66. The van der Waals surface area contributed by atoms with Gasteiger partial charge >= 0.3 is 0 Å². The molecule has 0 aliphatic heterocycles. The van der Waals surface area contributed by atoms with E-state index in [-0.39, 0.29) is 16.4 Å². The fourth-order valence-corrected chi connectivity index (χ4v) is 2.67. The van der Waals surface area contributed by atoms with E-state index >= 15 is 0 Å². The number of pyridine rings is 1. The zero-order valence-electron chi connectivity index (χ0n) is 10.1. The third-order valence-electron chi connectivity index (χ3n) is 2.42. The lowest BCUT2D eigenvalue weighted by Crippen LogP contribution is -2.16. The Bertz CT molecular complexity index is 717. The average molecular weight is 281 g/mol. The molecule has 1 heterocycles. The van der Waals surface area contributed by atoms with Crippen molar-refractivity contribution in [3.8, 4) is 0 Å². The van der Waals surface area contributed by atoms with Crippen molar-refractivity contribution in [3.05, 3.63) is 47.9 Å². The molecule has 0 radical (unpaired) electrons. The van der Waals surface area contributed by atoms with Crippen LogP contribution in [0.1, 0.15) is 5.56 Å². The summed E-state index contributed by atoms with van der Waals surface area (Å²) in [6.07, 6.45) is 1.47. The van der Waals surface area contributed by atoms with Crippen molar-refractivity contribution in [1.82, 2.24) is 4.98 Å². The summed E-state index contributed by atoms with van der Waals surface area (Å²) in [5.74, 6) is -0.518. The van der Waals surface area contributed by atoms with Gasteiger partial charge in [0.05, 0.1) is 5.69 Å². The standard InChI is InChI=1S/C12H12FN3O2S/c1-8-4-5-15-12(6-8)16-19(17,18)11-7-9(13)2-3-10(11)14/h2-7H,14H2,1H3,(H,15,16). The normalized spacial score (nSPS) is 11.3. The molecule has 2 rings (SSSR count). The Morgan fingerprint density at radius 3 is 2.68 bits per heavy atom. The molecule has 0 atom stereocenters. The number of hydrogen-bond acceptors (Lipinski definition) is 4. The number of nitrogens with zero attached hydrogens (tertiary/aromatic N) is 1. The number of aryl methyl sites for hydroxylation is 1. The van der Waals surface area contributed by atoms with E-state index in [2.05, 4.69) is 9.71 Å². The Kier molecular flexibility index (Phi) is 3.39. The average Bonchev–Trinajstić information content (AvgIpc) is 2.31. The van der Waals surface area contributed by atoms with Crippen molar-refractivity contribution in [2.24, 2.45) is 0 Å². The van der Waals surface area contributed by atoms with Crippen molar-refractivity contribution in [3.63, 3.8) is 0 Å². The highest BCUT2D eigenvalue weighted by molar-refractivity contribution is 7.92. The fraction of sp³-hybridized carbons (Fsp3) is 0.0833. The molecular weight excluding hydrogens is 269 g/mol. The summed E-state index contributed by atoms with van der Waals surface area (Å²) >= 11 is 0. The molecule has 5 nitrogen and oxygen atoms in total. The summed E-state index contributed by atoms with van der Waals surface area (Å²) in [6.45, 7) is 1.80. The van der Waals surface area contributed by atoms with Crippen LogP contribution < -0.4 is 10.5 Å². The zero-order valence-corrected chi connectivity index (χ0v) is 10.9. The van der Waals surface area contributed by atoms with Crippen LogP contribution in [-0.2, 0) is 10.0 Å². The Hall–Kier alpha value is -2.15. The number of anilines is 2. The number of rotatable bonds is 3. The lowest BCUT2D eigenvalue weighted by Gasteiger charge is -2.09. The first-order valence-corrected chi connectivity index (χ1v) is 6.87. The highest BCUT2D eigenvalue weighted by atomic mass is 32.2. The number of sulfonamides is 1. The minimum Gasteiger partial charge on any atom is -0.398 e. The molecule has 2 aromatic rings. The van der Waals surface area contributed by atoms with Crippen LogP contribution in [0.5, 0.6) is 0 Å². The first-order chi connectivity index (χ1) is 8.88. The summed E-state index contributed by atoms with van der Waals surface area (Å²) in [6, 6.07) is 6.46. The molecule has 0 saturated carbocycles. The molecule has 0 amide bonds. The number of nitrogen functional groups attached to an aromatic ring is 1. The molecule has 3 N–H and O–H groups in total. The van der Waals surface area contributed by atoms with E-state index in [0.717, 1.165) is 17.7 Å². The van der Waals surface area contributed by atoms with Crippen LogP contribution in [0.2, 0.25) is 0 Å². The van der Waals surface area contributed by atoms with Gasteiger partial charge in [0.1, 0.15) is 16.5 Å². The van der Waals surface area contributed by atoms with Crippen LogP contribution in [0.4, 0.5) is 15.9 Å². The molecular formula is C12H12FN3O2S. The molecule has 0 fully saturated rings. The third kappa shape index (κ3) is 3.00. The molecule has 0 aliphatic carbocycles. The fourth-order valence-electron chi connectivity index (χ4n) is 1.53. The van der Waals surface area contributed by atoms with Crippen LogP contribution in [-0.4, -0.2) is 13.4 Å². The number of nitrogens with two attached hydrogens (primary N) is 1. The third-order valence-corrected chi connectivity index (χ3v) is 3.83. The molecule has 0 saturated heterocycles. The minimum atomic E-state index is -3.96. The van der Waals surface area contributed by atoms with Gasteiger partial charge in [0.2, 0.25) is 0 Å². The quantitative estimate of drug-likeness (QED) is 0.842. The summed E-state index contributed by atoms with van der Waals surface area (Å²) in [4.78, 5) is 3.57. The summed E-state index contributed by atoms with van der Waals surface area (Å²) in [5.41, 5.74) is 6.37.